The molecule has 4 nitrogen and oxygen atoms in total. The van der Waals surface area contributed by atoms with Gasteiger partial charge in [-0.15, -0.1) is 0 Å². The third-order valence-corrected chi connectivity index (χ3v) is 3.20. The molecule has 1 heterocycles. The van der Waals surface area contributed by atoms with Crippen molar-refractivity contribution in [1.82, 2.24) is 15.5 Å². The van der Waals surface area contributed by atoms with Gasteiger partial charge in [-0.2, -0.15) is 4.98 Å². The number of hydrogen-bond donors (Lipinski definition) is 1. The van der Waals surface area contributed by atoms with E-state index in [9.17, 15) is 0 Å². The quantitative estimate of drug-likeness (QED) is 0.881. The molecule has 0 aliphatic carbocycles. The molecule has 1 atom stereocenters. The van der Waals surface area contributed by atoms with E-state index in [-0.39, 0.29) is 0 Å². The molecular formula is C14H18ClN3O. The summed E-state index contributed by atoms with van der Waals surface area (Å²) in [5, 5.41) is 8.14. The number of aryl methyl sites for hydroxylation is 1. The minimum Gasteiger partial charge on any atom is -0.340 e. The van der Waals surface area contributed by atoms with Crippen molar-refractivity contribution >= 4 is 11.6 Å². The SMILES string of the molecule is CCC(NCCc1noc(C)n1)c1cccc(Cl)c1. The van der Waals surface area contributed by atoms with Gasteiger partial charge >= 0.3 is 0 Å². The molecule has 0 aliphatic rings. The molecule has 19 heavy (non-hydrogen) atoms. The Bertz CT molecular complexity index is 527. The molecule has 0 spiro atoms. The molecule has 1 unspecified atom stereocenters. The molecule has 0 saturated heterocycles. The van der Waals surface area contributed by atoms with Gasteiger partial charge in [0.25, 0.3) is 0 Å². The topological polar surface area (TPSA) is 51.0 Å². The maximum Gasteiger partial charge on any atom is 0.223 e. The summed E-state index contributed by atoms with van der Waals surface area (Å²) in [6, 6.07) is 8.25. The molecular weight excluding hydrogens is 262 g/mol. The predicted octanol–water partition coefficient (Wildman–Crippen LogP) is 3.31. The number of rotatable bonds is 6. The second kappa shape index (κ2) is 6.68. The summed E-state index contributed by atoms with van der Waals surface area (Å²) in [4.78, 5) is 4.18. The number of benzene rings is 1. The van der Waals surface area contributed by atoms with Crippen molar-refractivity contribution in [3.63, 3.8) is 0 Å². The number of hydrogen-bond acceptors (Lipinski definition) is 4. The summed E-state index contributed by atoms with van der Waals surface area (Å²) in [5.74, 6) is 1.35. The van der Waals surface area contributed by atoms with Gasteiger partial charge in [0.2, 0.25) is 5.89 Å². The van der Waals surface area contributed by atoms with Crippen LogP contribution in [0.25, 0.3) is 0 Å². The van der Waals surface area contributed by atoms with Crippen LogP contribution in [0.3, 0.4) is 0 Å². The fourth-order valence-electron chi connectivity index (χ4n) is 2.02. The zero-order valence-electron chi connectivity index (χ0n) is 11.2. The van der Waals surface area contributed by atoms with E-state index in [1.165, 1.54) is 5.56 Å². The molecule has 5 heteroatoms. The fraction of sp³-hybridized carbons (Fsp3) is 0.429. The normalized spacial score (nSPS) is 12.6. The number of aromatic nitrogens is 2. The summed E-state index contributed by atoms with van der Waals surface area (Å²) in [5.41, 5.74) is 1.21. The van der Waals surface area contributed by atoms with Crippen LogP contribution >= 0.6 is 11.6 Å². The first-order valence-corrected chi connectivity index (χ1v) is 6.85. The maximum absolute atomic E-state index is 6.02. The Morgan fingerprint density at radius 2 is 2.26 bits per heavy atom. The Morgan fingerprint density at radius 3 is 2.89 bits per heavy atom. The molecule has 0 bridgehead atoms. The van der Waals surface area contributed by atoms with Crippen molar-refractivity contribution in [3.05, 3.63) is 46.6 Å². The lowest BCUT2D eigenvalue weighted by atomic mass is 10.0. The monoisotopic (exact) mass is 279 g/mol. The Kier molecular flexibility index (Phi) is 4.93. The molecule has 1 N–H and O–H groups in total. The van der Waals surface area contributed by atoms with Crippen LogP contribution in [-0.4, -0.2) is 16.7 Å². The number of nitrogens with zero attached hydrogens (tertiary/aromatic N) is 2. The molecule has 0 fully saturated rings. The van der Waals surface area contributed by atoms with Gasteiger partial charge in [-0.25, -0.2) is 0 Å². The highest BCUT2D eigenvalue weighted by Crippen LogP contribution is 2.20. The molecule has 0 radical (unpaired) electrons. The summed E-state index contributed by atoms with van der Waals surface area (Å²) < 4.78 is 4.94. The summed E-state index contributed by atoms with van der Waals surface area (Å²) in [6.07, 6.45) is 1.76. The Balaban J connectivity index is 1.89. The molecule has 102 valence electrons. The van der Waals surface area contributed by atoms with Crippen molar-refractivity contribution in [2.75, 3.05) is 6.54 Å². The van der Waals surface area contributed by atoms with Gasteiger partial charge in [0.15, 0.2) is 5.82 Å². The first-order chi connectivity index (χ1) is 9.19. The van der Waals surface area contributed by atoms with E-state index in [1.54, 1.807) is 6.92 Å². The molecule has 0 saturated carbocycles. The smallest absolute Gasteiger partial charge is 0.223 e. The highest BCUT2D eigenvalue weighted by atomic mass is 35.5. The average molecular weight is 280 g/mol. The highest BCUT2D eigenvalue weighted by molar-refractivity contribution is 6.30. The molecule has 2 rings (SSSR count). The molecule has 1 aromatic carbocycles. The van der Waals surface area contributed by atoms with E-state index in [1.807, 2.05) is 18.2 Å². The fourth-order valence-corrected chi connectivity index (χ4v) is 2.22. The van der Waals surface area contributed by atoms with Crippen LogP contribution in [-0.2, 0) is 6.42 Å². The van der Waals surface area contributed by atoms with E-state index < -0.39 is 0 Å². The standard InChI is InChI=1S/C14H18ClN3O/c1-3-13(11-5-4-6-12(15)9-11)16-8-7-14-17-10(2)19-18-14/h4-6,9,13,16H,3,7-8H2,1-2H3. The van der Waals surface area contributed by atoms with E-state index >= 15 is 0 Å². The van der Waals surface area contributed by atoms with Crippen molar-refractivity contribution in [3.8, 4) is 0 Å². The van der Waals surface area contributed by atoms with E-state index in [2.05, 4.69) is 28.4 Å². The Labute approximate surface area is 118 Å². The van der Waals surface area contributed by atoms with Crippen LogP contribution in [0.2, 0.25) is 5.02 Å². The van der Waals surface area contributed by atoms with Crippen LogP contribution in [0.15, 0.2) is 28.8 Å². The predicted molar refractivity (Wildman–Crippen MR) is 75.2 cm³/mol. The van der Waals surface area contributed by atoms with Gasteiger partial charge in [0.05, 0.1) is 0 Å². The second-order valence-corrected chi connectivity index (χ2v) is 4.89. The largest absolute Gasteiger partial charge is 0.340 e. The second-order valence-electron chi connectivity index (χ2n) is 4.45. The van der Waals surface area contributed by atoms with Gasteiger partial charge in [0.1, 0.15) is 0 Å². The molecule has 0 aliphatic heterocycles. The summed E-state index contributed by atoms with van der Waals surface area (Å²) in [7, 11) is 0. The van der Waals surface area contributed by atoms with E-state index in [0.29, 0.717) is 11.9 Å². The first kappa shape index (κ1) is 14.0. The number of nitrogens with one attached hydrogen (secondary N) is 1. The van der Waals surface area contributed by atoms with Crippen LogP contribution in [0.5, 0.6) is 0 Å². The zero-order valence-corrected chi connectivity index (χ0v) is 11.9. The summed E-state index contributed by atoms with van der Waals surface area (Å²) in [6.45, 7) is 4.76. The van der Waals surface area contributed by atoms with Crippen molar-refractivity contribution in [2.45, 2.75) is 32.7 Å². The van der Waals surface area contributed by atoms with Gasteiger partial charge in [0, 0.05) is 31.0 Å². The van der Waals surface area contributed by atoms with Gasteiger partial charge in [-0.05, 0) is 24.1 Å². The lowest BCUT2D eigenvalue weighted by Gasteiger charge is -2.17. The van der Waals surface area contributed by atoms with Crippen LogP contribution in [0, 0.1) is 6.92 Å². The molecule has 2 aromatic rings. The van der Waals surface area contributed by atoms with Crippen molar-refractivity contribution in [2.24, 2.45) is 0 Å². The summed E-state index contributed by atoms with van der Waals surface area (Å²) >= 11 is 6.02. The third-order valence-electron chi connectivity index (χ3n) is 2.97. The molecule has 0 amide bonds. The van der Waals surface area contributed by atoms with Crippen LogP contribution in [0.1, 0.15) is 36.7 Å². The van der Waals surface area contributed by atoms with Gasteiger partial charge < -0.3 is 9.84 Å². The average Bonchev–Trinajstić information content (AvgIpc) is 2.80. The molecule has 1 aromatic heterocycles. The highest BCUT2D eigenvalue weighted by Gasteiger charge is 2.09. The number of halogens is 1. The minimum absolute atomic E-state index is 0.298. The van der Waals surface area contributed by atoms with Gasteiger partial charge in [-0.3, -0.25) is 0 Å². The third kappa shape index (κ3) is 4.04. The van der Waals surface area contributed by atoms with Gasteiger partial charge in [-0.1, -0.05) is 35.8 Å². The maximum atomic E-state index is 6.02. The minimum atomic E-state index is 0.298. The zero-order chi connectivity index (χ0) is 13.7. The lowest BCUT2D eigenvalue weighted by Crippen LogP contribution is -2.23. The van der Waals surface area contributed by atoms with Crippen molar-refractivity contribution in [1.29, 1.82) is 0 Å². The van der Waals surface area contributed by atoms with E-state index in [0.717, 1.165) is 30.2 Å². The van der Waals surface area contributed by atoms with Crippen molar-refractivity contribution < 1.29 is 4.52 Å². The van der Waals surface area contributed by atoms with Crippen LogP contribution in [0.4, 0.5) is 0 Å². The first-order valence-electron chi connectivity index (χ1n) is 6.47. The van der Waals surface area contributed by atoms with Crippen LogP contribution < -0.4 is 5.32 Å². The Hall–Kier alpha value is -1.39. The Morgan fingerprint density at radius 1 is 1.42 bits per heavy atom. The lowest BCUT2D eigenvalue weighted by molar-refractivity contribution is 0.386. The van der Waals surface area contributed by atoms with E-state index in [4.69, 9.17) is 16.1 Å².